The molecule has 2 heterocycles. The number of aromatic nitrogens is 2. The molecule has 0 bridgehead atoms. The number of hydrogen-bond acceptors (Lipinski definition) is 7. The Morgan fingerprint density at radius 2 is 2.29 bits per heavy atom. The Labute approximate surface area is 141 Å². The predicted molar refractivity (Wildman–Crippen MR) is 90.0 cm³/mol. The first kappa shape index (κ1) is 18.4. The van der Waals surface area contributed by atoms with Gasteiger partial charge in [0.05, 0.1) is 18.7 Å². The Bertz CT molecular complexity index is 565. The van der Waals surface area contributed by atoms with Crippen molar-refractivity contribution in [2.24, 2.45) is 5.92 Å². The molecule has 0 spiro atoms. The Morgan fingerprint density at radius 1 is 1.54 bits per heavy atom. The van der Waals surface area contributed by atoms with Gasteiger partial charge in [0.25, 0.3) is 0 Å². The quantitative estimate of drug-likeness (QED) is 0.588. The number of anilines is 2. The van der Waals surface area contributed by atoms with Crippen molar-refractivity contribution in [2.45, 2.75) is 51.4 Å². The van der Waals surface area contributed by atoms with Crippen molar-refractivity contribution in [1.29, 1.82) is 0 Å². The van der Waals surface area contributed by atoms with Gasteiger partial charge in [-0.3, -0.25) is 0 Å². The minimum Gasteiger partial charge on any atom is -0.479 e. The van der Waals surface area contributed by atoms with Gasteiger partial charge in [-0.25, -0.2) is 9.78 Å². The minimum atomic E-state index is -1.88. The second-order valence-corrected chi connectivity index (χ2v) is 6.67. The molecule has 1 fully saturated rings. The molecule has 0 aromatic carbocycles. The van der Waals surface area contributed by atoms with Gasteiger partial charge in [-0.15, -0.1) is 0 Å². The summed E-state index contributed by atoms with van der Waals surface area (Å²) in [5, 5.41) is 24.8. The largest absolute Gasteiger partial charge is 0.479 e. The smallest absolute Gasteiger partial charge is 0.337 e. The van der Waals surface area contributed by atoms with Crippen LogP contribution >= 0.6 is 0 Å². The lowest BCUT2D eigenvalue weighted by molar-refractivity contribution is -0.155. The van der Waals surface area contributed by atoms with Crippen LogP contribution < -0.4 is 10.6 Å². The maximum absolute atomic E-state index is 10.9. The van der Waals surface area contributed by atoms with Gasteiger partial charge in [-0.1, -0.05) is 13.8 Å². The Morgan fingerprint density at radius 3 is 2.96 bits per heavy atom. The van der Waals surface area contributed by atoms with Crippen molar-refractivity contribution < 1.29 is 19.7 Å². The van der Waals surface area contributed by atoms with Crippen LogP contribution in [0.4, 0.5) is 11.8 Å². The van der Waals surface area contributed by atoms with E-state index >= 15 is 0 Å². The summed E-state index contributed by atoms with van der Waals surface area (Å²) in [5.41, 5.74) is -1.88. The SMILES string of the molecule is CC(C)C1OCCCC1Nc1ccnc(NCC(C)(O)C(=O)O)n1. The Balaban J connectivity index is 2.00. The number of carboxylic acids is 1. The lowest BCUT2D eigenvalue weighted by atomic mass is 9.94. The molecule has 1 saturated heterocycles. The molecule has 1 aliphatic rings. The zero-order valence-electron chi connectivity index (χ0n) is 14.3. The Kier molecular flexibility index (Phi) is 5.95. The fourth-order valence-electron chi connectivity index (χ4n) is 2.66. The number of aliphatic hydroxyl groups is 1. The van der Waals surface area contributed by atoms with Gasteiger partial charge in [-0.2, -0.15) is 4.98 Å². The number of ether oxygens (including phenoxy) is 1. The van der Waals surface area contributed by atoms with E-state index in [-0.39, 0.29) is 24.6 Å². The zero-order valence-corrected chi connectivity index (χ0v) is 14.3. The fourth-order valence-corrected chi connectivity index (χ4v) is 2.66. The molecule has 2 rings (SSSR count). The molecule has 0 aliphatic carbocycles. The lowest BCUT2D eigenvalue weighted by Gasteiger charge is -2.35. The van der Waals surface area contributed by atoms with Gasteiger partial charge in [-0.05, 0) is 31.7 Å². The van der Waals surface area contributed by atoms with E-state index in [2.05, 4.69) is 34.4 Å². The summed E-state index contributed by atoms with van der Waals surface area (Å²) in [6.07, 6.45) is 3.71. The first-order valence-corrected chi connectivity index (χ1v) is 8.20. The van der Waals surface area contributed by atoms with E-state index in [0.29, 0.717) is 11.7 Å². The van der Waals surface area contributed by atoms with E-state index in [1.807, 2.05) is 0 Å². The standard InChI is InChI=1S/C16H26N4O4/c1-10(2)13-11(5-4-8-24-13)19-12-6-7-17-15(20-12)18-9-16(3,23)14(21)22/h6-7,10-11,13,23H,4-5,8-9H2,1-3H3,(H,21,22)(H2,17,18,19,20). The first-order chi connectivity index (χ1) is 11.3. The number of rotatable bonds is 7. The van der Waals surface area contributed by atoms with Crippen LogP contribution in [0.25, 0.3) is 0 Å². The molecule has 24 heavy (non-hydrogen) atoms. The molecule has 3 unspecified atom stereocenters. The summed E-state index contributed by atoms with van der Waals surface area (Å²) in [7, 11) is 0. The van der Waals surface area contributed by atoms with Crippen molar-refractivity contribution in [3.05, 3.63) is 12.3 Å². The number of hydrogen-bond donors (Lipinski definition) is 4. The molecular weight excluding hydrogens is 312 g/mol. The van der Waals surface area contributed by atoms with Gasteiger partial charge >= 0.3 is 5.97 Å². The third-order valence-electron chi connectivity index (χ3n) is 4.06. The van der Waals surface area contributed by atoms with Crippen LogP contribution in [0, 0.1) is 5.92 Å². The molecule has 0 radical (unpaired) electrons. The van der Waals surface area contributed by atoms with Crippen molar-refractivity contribution in [2.75, 3.05) is 23.8 Å². The van der Waals surface area contributed by atoms with Crippen LogP contribution in [0.1, 0.15) is 33.6 Å². The highest BCUT2D eigenvalue weighted by molar-refractivity contribution is 5.77. The fraction of sp³-hybridized carbons (Fsp3) is 0.688. The average molecular weight is 338 g/mol. The van der Waals surface area contributed by atoms with Gasteiger partial charge in [0.1, 0.15) is 5.82 Å². The van der Waals surface area contributed by atoms with E-state index in [9.17, 15) is 9.90 Å². The van der Waals surface area contributed by atoms with Crippen LogP contribution in [0.2, 0.25) is 0 Å². The van der Waals surface area contributed by atoms with E-state index in [0.717, 1.165) is 19.4 Å². The summed E-state index contributed by atoms with van der Waals surface area (Å²) in [5.74, 6) is -0.000673. The number of nitrogens with zero attached hydrogens (tertiary/aromatic N) is 2. The van der Waals surface area contributed by atoms with Crippen molar-refractivity contribution in [3.8, 4) is 0 Å². The normalized spacial score (nSPS) is 23.5. The van der Waals surface area contributed by atoms with E-state index in [4.69, 9.17) is 9.84 Å². The monoisotopic (exact) mass is 338 g/mol. The van der Waals surface area contributed by atoms with Gasteiger partial charge < -0.3 is 25.6 Å². The number of carbonyl (C=O) groups is 1. The molecule has 1 aliphatic heterocycles. The van der Waals surface area contributed by atoms with Crippen LogP contribution in [0.3, 0.4) is 0 Å². The van der Waals surface area contributed by atoms with E-state index in [1.54, 1.807) is 12.3 Å². The van der Waals surface area contributed by atoms with Crippen molar-refractivity contribution in [3.63, 3.8) is 0 Å². The number of aliphatic carboxylic acids is 1. The van der Waals surface area contributed by atoms with Crippen LogP contribution in [-0.4, -0.2) is 57.0 Å². The second kappa shape index (κ2) is 7.76. The average Bonchev–Trinajstić information content (AvgIpc) is 2.53. The molecular formula is C16H26N4O4. The number of carboxylic acid groups (broad SMARTS) is 1. The summed E-state index contributed by atoms with van der Waals surface area (Å²) in [4.78, 5) is 19.3. The highest BCUT2D eigenvalue weighted by Gasteiger charge is 2.30. The molecule has 0 saturated carbocycles. The highest BCUT2D eigenvalue weighted by atomic mass is 16.5. The lowest BCUT2D eigenvalue weighted by Crippen LogP contribution is -2.43. The van der Waals surface area contributed by atoms with Gasteiger partial charge in [0.15, 0.2) is 5.60 Å². The topological polar surface area (TPSA) is 117 Å². The summed E-state index contributed by atoms with van der Waals surface area (Å²) >= 11 is 0. The third kappa shape index (κ3) is 4.78. The highest BCUT2D eigenvalue weighted by Crippen LogP contribution is 2.23. The van der Waals surface area contributed by atoms with E-state index < -0.39 is 11.6 Å². The first-order valence-electron chi connectivity index (χ1n) is 8.20. The van der Waals surface area contributed by atoms with Gasteiger partial charge in [0.2, 0.25) is 5.95 Å². The Hall–Kier alpha value is -1.93. The van der Waals surface area contributed by atoms with Crippen LogP contribution in [-0.2, 0) is 9.53 Å². The maximum atomic E-state index is 10.9. The number of nitrogens with one attached hydrogen (secondary N) is 2. The third-order valence-corrected chi connectivity index (χ3v) is 4.06. The van der Waals surface area contributed by atoms with Gasteiger partial charge in [0, 0.05) is 12.8 Å². The molecule has 8 heteroatoms. The molecule has 1 aromatic rings. The van der Waals surface area contributed by atoms with Crippen LogP contribution in [0.5, 0.6) is 0 Å². The predicted octanol–water partition coefficient (Wildman–Crippen LogP) is 1.34. The second-order valence-electron chi connectivity index (χ2n) is 6.67. The summed E-state index contributed by atoms with van der Waals surface area (Å²) in [6, 6.07) is 1.93. The van der Waals surface area contributed by atoms with Crippen molar-refractivity contribution >= 4 is 17.7 Å². The molecule has 3 atom stereocenters. The minimum absolute atomic E-state index is 0.123. The van der Waals surface area contributed by atoms with Crippen LogP contribution in [0.15, 0.2) is 12.3 Å². The van der Waals surface area contributed by atoms with Crippen molar-refractivity contribution in [1.82, 2.24) is 9.97 Å². The van der Waals surface area contributed by atoms with E-state index in [1.165, 1.54) is 6.92 Å². The maximum Gasteiger partial charge on any atom is 0.337 e. The molecule has 4 N–H and O–H groups in total. The summed E-state index contributed by atoms with van der Waals surface area (Å²) in [6.45, 7) is 6.07. The zero-order chi connectivity index (χ0) is 17.7. The molecule has 134 valence electrons. The molecule has 1 aromatic heterocycles. The molecule has 8 nitrogen and oxygen atoms in total. The summed E-state index contributed by atoms with van der Waals surface area (Å²) < 4.78 is 5.85. The molecule has 0 amide bonds.